The molecule has 0 aromatic heterocycles. The van der Waals surface area contributed by atoms with Crippen LogP contribution in [0.5, 0.6) is 0 Å². The fraction of sp³-hybridized carbons (Fsp3) is 0.385. The normalized spacial score (nSPS) is 10.2. The maximum absolute atomic E-state index is 13.5. The Kier molecular flexibility index (Phi) is 5.95. The molecule has 1 rings (SSSR count). The van der Waals surface area contributed by atoms with Crippen molar-refractivity contribution in [1.82, 2.24) is 10.6 Å². The minimum absolute atomic E-state index is 0.0543. The van der Waals surface area contributed by atoms with Crippen LogP contribution in [0.15, 0.2) is 18.2 Å². The molecular formula is C13H18FN3O2. The van der Waals surface area contributed by atoms with Gasteiger partial charge in [-0.1, -0.05) is 0 Å². The van der Waals surface area contributed by atoms with Gasteiger partial charge in [0, 0.05) is 37.2 Å². The summed E-state index contributed by atoms with van der Waals surface area (Å²) in [4.78, 5) is 22.2. The second-order valence-electron chi connectivity index (χ2n) is 4.05. The van der Waals surface area contributed by atoms with Gasteiger partial charge in [0.1, 0.15) is 5.82 Å². The van der Waals surface area contributed by atoms with Crippen molar-refractivity contribution in [2.45, 2.75) is 19.9 Å². The third-order valence-corrected chi connectivity index (χ3v) is 2.55. The molecule has 19 heavy (non-hydrogen) atoms. The van der Waals surface area contributed by atoms with Crippen LogP contribution in [-0.4, -0.2) is 24.9 Å². The van der Waals surface area contributed by atoms with E-state index in [4.69, 9.17) is 5.73 Å². The molecule has 0 unspecified atom stereocenters. The molecule has 0 aliphatic rings. The van der Waals surface area contributed by atoms with E-state index in [1.54, 1.807) is 0 Å². The van der Waals surface area contributed by atoms with Crippen LogP contribution >= 0.6 is 0 Å². The summed E-state index contributed by atoms with van der Waals surface area (Å²) in [5, 5.41) is 5.61. The lowest BCUT2D eigenvalue weighted by molar-refractivity contribution is -0.120. The molecule has 0 bridgehead atoms. The number of amides is 2. The van der Waals surface area contributed by atoms with E-state index in [1.165, 1.54) is 18.2 Å². The number of rotatable bonds is 7. The highest BCUT2D eigenvalue weighted by Crippen LogP contribution is 2.10. The number of primary amides is 1. The monoisotopic (exact) mass is 267 g/mol. The van der Waals surface area contributed by atoms with E-state index in [0.717, 1.165) is 0 Å². The average molecular weight is 267 g/mol. The molecule has 1 aromatic rings. The first-order valence-corrected chi connectivity index (χ1v) is 6.10. The Morgan fingerprint density at radius 3 is 2.74 bits per heavy atom. The van der Waals surface area contributed by atoms with Gasteiger partial charge in [-0.15, -0.1) is 0 Å². The lowest BCUT2D eigenvalue weighted by Gasteiger charge is -2.07. The van der Waals surface area contributed by atoms with Crippen LogP contribution in [0.4, 0.5) is 4.39 Å². The molecule has 4 N–H and O–H groups in total. The molecular weight excluding hydrogens is 249 g/mol. The SMILES string of the molecule is CCNC(=O)CCNCc1cc(C(N)=O)ccc1F. The molecule has 0 heterocycles. The summed E-state index contributed by atoms with van der Waals surface area (Å²) in [5.41, 5.74) is 5.75. The zero-order chi connectivity index (χ0) is 14.3. The molecule has 0 saturated heterocycles. The van der Waals surface area contributed by atoms with Gasteiger partial charge >= 0.3 is 0 Å². The van der Waals surface area contributed by atoms with Crippen LogP contribution in [0.1, 0.15) is 29.3 Å². The summed E-state index contributed by atoms with van der Waals surface area (Å²) in [6.07, 6.45) is 0.324. The van der Waals surface area contributed by atoms with Crippen LogP contribution in [0.25, 0.3) is 0 Å². The first-order valence-electron chi connectivity index (χ1n) is 6.10. The van der Waals surface area contributed by atoms with Gasteiger partial charge in [-0.3, -0.25) is 9.59 Å². The second kappa shape index (κ2) is 7.48. The Morgan fingerprint density at radius 1 is 1.37 bits per heavy atom. The number of carbonyl (C=O) groups is 2. The number of hydrogen-bond donors (Lipinski definition) is 3. The van der Waals surface area contributed by atoms with Crippen molar-refractivity contribution >= 4 is 11.8 Å². The molecule has 0 fully saturated rings. The molecule has 2 amide bonds. The molecule has 0 radical (unpaired) electrons. The number of halogens is 1. The molecule has 0 atom stereocenters. The Balaban J connectivity index is 2.46. The van der Waals surface area contributed by atoms with Gasteiger partial charge in [0.25, 0.3) is 0 Å². The highest BCUT2D eigenvalue weighted by molar-refractivity contribution is 5.92. The fourth-order valence-electron chi connectivity index (χ4n) is 1.57. The average Bonchev–Trinajstić information content (AvgIpc) is 2.36. The zero-order valence-electron chi connectivity index (χ0n) is 10.8. The van der Waals surface area contributed by atoms with Crippen molar-refractivity contribution in [3.05, 3.63) is 35.1 Å². The van der Waals surface area contributed by atoms with E-state index in [1.807, 2.05) is 6.92 Å². The minimum atomic E-state index is -0.594. The van der Waals surface area contributed by atoms with Gasteiger partial charge in [-0.25, -0.2) is 4.39 Å². The maximum Gasteiger partial charge on any atom is 0.248 e. The van der Waals surface area contributed by atoms with Gasteiger partial charge in [0.05, 0.1) is 0 Å². The Hall–Kier alpha value is -1.95. The van der Waals surface area contributed by atoms with Crippen LogP contribution in [0.2, 0.25) is 0 Å². The van der Waals surface area contributed by atoms with Gasteiger partial charge in [-0.05, 0) is 25.1 Å². The highest BCUT2D eigenvalue weighted by Gasteiger charge is 2.07. The fourth-order valence-corrected chi connectivity index (χ4v) is 1.57. The molecule has 0 saturated carbocycles. The van der Waals surface area contributed by atoms with E-state index in [2.05, 4.69) is 10.6 Å². The van der Waals surface area contributed by atoms with Gasteiger partial charge in [0.2, 0.25) is 11.8 Å². The topological polar surface area (TPSA) is 84.2 Å². The Labute approximate surface area is 111 Å². The quantitative estimate of drug-likeness (QED) is 0.630. The maximum atomic E-state index is 13.5. The smallest absolute Gasteiger partial charge is 0.248 e. The van der Waals surface area contributed by atoms with E-state index in [9.17, 15) is 14.0 Å². The molecule has 5 nitrogen and oxygen atoms in total. The van der Waals surface area contributed by atoms with Crippen LogP contribution < -0.4 is 16.4 Å². The van der Waals surface area contributed by atoms with Crippen molar-refractivity contribution in [3.63, 3.8) is 0 Å². The summed E-state index contributed by atoms with van der Waals surface area (Å²) in [6.45, 7) is 3.11. The molecule has 6 heteroatoms. The third-order valence-electron chi connectivity index (χ3n) is 2.55. The minimum Gasteiger partial charge on any atom is -0.366 e. The first-order chi connectivity index (χ1) is 9.04. The molecule has 1 aromatic carbocycles. The van der Waals surface area contributed by atoms with E-state index in [-0.39, 0.29) is 18.0 Å². The van der Waals surface area contributed by atoms with Crippen LogP contribution in [-0.2, 0) is 11.3 Å². The van der Waals surface area contributed by atoms with Crippen molar-refractivity contribution in [3.8, 4) is 0 Å². The van der Waals surface area contributed by atoms with Gasteiger partial charge < -0.3 is 16.4 Å². The second-order valence-corrected chi connectivity index (χ2v) is 4.05. The molecule has 0 aliphatic heterocycles. The third kappa shape index (κ3) is 5.05. The lowest BCUT2D eigenvalue weighted by atomic mass is 10.1. The first kappa shape index (κ1) is 15.1. The number of benzene rings is 1. The molecule has 104 valence electrons. The number of nitrogens with two attached hydrogens (primary N) is 1. The van der Waals surface area contributed by atoms with Gasteiger partial charge in [-0.2, -0.15) is 0 Å². The molecule has 0 spiro atoms. The predicted molar refractivity (Wildman–Crippen MR) is 69.9 cm³/mol. The van der Waals surface area contributed by atoms with Crippen LogP contribution in [0.3, 0.4) is 0 Å². The molecule has 0 aliphatic carbocycles. The van der Waals surface area contributed by atoms with E-state index in [0.29, 0.717) is 25.1 Å². The standard InChI is InChI=1S/C13H18FN3O2/c1-2-17-12(18)5-6-16-8-10-7-9(13(15)19)3-4-11(10)14/h3-4,7,16H,2,5-6,8H2,1H3,(H2,15,19)(H,17,18). The zero-order valence-corrected chi connectivity index (χ0v) is 10.8. The summed E-state index contributed by atoms with van der Waals surface area (Å²) < 4.78 is 13.5. The van der Waals surface area contributed by atoms with Crippen molar-refractivity contribution in [2.75, 3.05) is 13.1 Å². The van der Waals surface area contributed by atoms with Crippen molar-refractivity contribution in [1.29, 1.82) is 0 Å². The predicted octanol–water partition coefficient (Wildman–Crippen LogP) is 0.540. The summed E-state index contributed by atoms with van der Waals surface area (Å²) in [6, 6.07) is 3.97. The Bertz CT molecular complexity index is 463. The van der Waals surface area contributed by atoms with Crippen LogP contribution in [0, 0.1) is 5.82 Å². The van der Waals surface area contributed by atoms with Crippen molar-refractivity contribution < 1.29 is 14.0 Å². The number of nitrogens with one attached hydrogen (secondary N) is 2. The summed E-state index contributed by atoms with van der Waals surface area (Å²) in [7, 11) is 0. The Morgan fingerprint density at radius 2 is 2.11 bits per heavy atom. The largest absolute Gasteiger partial charge is 0.366 e. The van der Waals surface area contributed by atoms with E-state index >= 15 is 0 Å². The van der Waals surface area contributed by atoms with Crippen molar-refractivity contribution in [2.24, 2.45) is 5.73 Å². The van der Waals surface area contributed by atoms with E-state index < -0.39 is 11.7 Å². The number of carbonyl (C=O) groups excluding carboxylic acids is 2. The summed E-state index contributed by atoms with van der Waals surface area (Å²) >= 11 is 0. The van der Waals surface area contributed by atoms with Gasteiger partial charge in [0.15, 0.2) is 0 Å². The highest BCUT2D eigenvalue weighted by atomic mass is 19.1. The lowest BCUT2D eigenvalue weighted by Crippen LogP contribution is -2.27. The number of hydrogen-bond acceptors (Lipinski definition) is 3. The summed E-state index contributed by atoms with van der Waals surface area (Å²) in [5.74, 6) is -1.06.